The second-order valence-corrected chi connectivity index (χ2v) is 7.59. The minimum Gasteiger partial charge on any atom is -0.465 e. The third-order valence-corrected chi connectivity index (χ3v) is 5.48. The Morgan fingerprint density at radius 1 is 1.18 bits per heavy atom. The number of methoxy groups -OCH3 is 1. The van der Waals surface area contributed by atoms with Gasteiger partial charge in [0.1, 0.15) is 0 Å². The number of amides is 1. The molecule has 1 atom stereocenters. The number of benzene rings is 2. The van der Waals surface area contributed by atoms with Crippen molar-refractivity contribution in [2.75, 3.05) is 17.8 Å². The Labute approximate surface area is 173 Å². The number of carbonyl (C=O) groups excluding carboxylic acids is 2. The number of rotatable bonds is 4. The van der Waals surface area contributed by atoms with Gasteiger partial charge in [-0.15, -0.1) is 0 Å². The molecule has 0 N–H and O–H groups in total. The molecular weight excluding hydrogens is 396 g/mol. The molecule has 0 fully saturated rings. The molecule has 3 rings (SSSR count). The highest BCUT2D eigenvalue weighted by atomic mass is 35.5. The lowest BCUT2D eigenvalue weighted by Crippen LogP contribution is -2.33. The highest BCUT2D eigenvalue weighted by Gasteiger charge is 2.25. The lowest BCUT2D eigenvalue weighted by molar-refractivity contribution is -0.113. The molecule has 0 aromatic heterocycles. The number of nitrogens with zero attached hydrogens (tertiary/aromatic N) is 2. The molecule has 0 saturated heterocycles. The summed E-state index contributed by atoms with van der Waals surface area (Å²) in [5.74, 6) is 0.233. The Hall–Kier alpha value is -2.57. The van der Waals surface area contributed by atoms with E-state index in [1.165, 1.54) is 13.2 Å². The molecule has 0 unspecified atom stereocenters. The summed E-state index contributed by atoms with van der Waals surface area (Å²) in [6.07, 6.45) is 3.20. The van der Waals surface area contributed by atoms with Crippen molar-refractivity contribution in [1.29, 1.82) is 0 Å². The van der Waals surface area contributed by atoms with Gasteiger partial charge in [-0.25, -0.2) is 4.79 Å². The maximum atomic E-state index is 13.0. The summed E-state index contributed by atoms with van der Waals surface area (Å²) in [5.41, 5.74) is 1.96. The van der Waals surface area contributed by atoms with Crippen LogP contribution in [0.25, 0.3) is 6.08 Å². The molecule has 1 heterocycles. The van der Waals surface area contributed by atoms with Crippen molar-refractivity contribution in [1.82, 2.24) is 0 Å². The molecule has 1 amide bonds. The first-order chi connectivity index (χ1) is 13.5. The van der Waals surface area contributed by atoms with Gasteiger partial charge in [0.15, 0.2) is 5.17 Å². The Balaban J connectivity index is 1.83. The fraction of sp³-hybridized carbons (Fsp3) is 0.190. The maximum absolute atomic E-state index is 13.0. The Morgan fingerprint density at radius 3 is 2.43 bits per heavy atom. The van der Waals surface area contributed by atoms with Gasteiger partial charge in [0, 0.05) is 16.9 Å². The second kappa shape index (κ2) is 9.08. The van der Waals surface area contributed by atoms with Crippen LogP contribution in [0, 0.1) is 0 Å². The Bertz CT molecular complexity index is 924. The van der Waals surface area contributed by atoms with Crippen molar-refractivity contribution in [3.63, 3.8) is 0 Å². The van der Waals surface area contributed by atoms with E-state index in [1.807, 2.05) is 6.92 Å². The molecule has 1 aliphatic rings. The van der Waals surface area contributed by atoms with Crippen LogP contribution >= 0.6 is 23.4 Å². The van der Waals surface area contributed by atoms with Crippen LogP contribution in [0.3, 0.4) is 0 Å². The molecule has 2 aromatic rings. The molecule has 0 radical (unpaired) electrons. The van der Waals surface area contributed by atoms with Gasteiger partial charge in [0.2, 0.25) is 0 Å². The molecule has 0 aliphatic carbocycles. The number of thioether (sulfide) groups is 1. The summed E-state index contributed by atoms with van der Waals surface area (Å²) in [6.45, 7) is 2.02. The Kier molecular flexibility index (Phi) is 6.54. The van der Waals surface area contributed by atoms with Gasteiger partial charge in [0.05, 0.1) is 24.4 Å². The molecule has 0 bridgehead atoms. The number of amidine groups is 1. The van der Waals surface area contributed by atoms with Gasteiger partial charge in [-0.05, 0) is 55.0 Å². The minimum absolute atomic E-state index is 0.164. The van der Waals surface area contributed by atoms with Crippen LogP contribution in [0.2, 0.25) is 5.02 Å². The van der Waals surface area contributed by atoms with E-state index in [2.05, 4.69) is 9.73 Å². The normalized spacial score (nSPS) is 16.1. The van der Waals surface area contributed by atoms with Crippen molar-refractivity contribution in [3.05, 3.63) is 70.8 Å². The topological polar surface area (TPSA) is 59.0 Å². The number of aliphatic imine (C=N–C) groups is 1. The van der Waals surface area contributed by atoms with Crippen LogP contribution in [-0.2, 0) is 9.53 Å². The summed E-state index contributed by atoms with van der Waals surface area (Å²) in [5, 5.41) is 1.28. The summed E-state index contributed by atoms with van der Waals surface area (Å²) in [6, 6.07) is 14.1. The van der Waals surface area contributed by atoms with E-state index < -0.39 is 5.97 Å². The van der Waals surface area contributed by atoms with Crippen molar-refractivity contribution < 1.29 is 14.3 Å². The molecule has 0 saturated carbocycles. The molecule has 7 heteroatoms. The smallest absolute Gasteiger partial charge is 0.337 e. The van der Waals surface area contributed by atoms with Crippen molar-refractivity contribution >= 4 is 52.2 Å². The average molecular weight is 415 g/mol. The summed E-state index contributed by atoms with van der Waals surface area (Å²) in [4.78, 5) is 30.6. The van der Waals surface area contributed by atoms with Gasteiger partial charge in [0.25, 0.3) is 5.91 Å². The van der Waals surface area contributed by atoms with Crippen LogP contribution < -0.4 is 4.90 Å². The average Bonchev–Trinajstić information content (AvgIpc) is 3.13. The predicted octanol–water partition coefficient (Wildman–Crippen LogP) is 4.66. The summed E-state index contributed by atoms with van der Waals surface area (Å²) in [7, 11) is 1.34. The minimum atomic E-state index is -0.397. The summed E-state index contributed by atoms with van der Waals surface area (Å²) < 4.78 is 4.69. The fourth-order valence-electron chi connectivity index (χ4n) is 2.59. The zero-order valence-electron chi connectivity index (χ0n) is 15.5. The highest BCUT2D eigenvalue weighted by Crippen LogP contribution is 2.27. The first-order valence-electron chi connectivity index (χ1n) is 8.64. The SMILES string of the molecule is COC(=O)c1ccc(/C=C/C(=O)N(C2=N[C@@H](C)CS2)c2ccc(Cl)cc2)cc1. The second-order valence-electron chi connectivity index (χ2n) is 6.17. The zero-order valence-corrected chi connectivity index (χ0v) is 17.0. The first-order valence-corrected chi connectivity index (χ1v) is 10.0. The van der Waals surface area contributed by atoms with Crippen LogP contribution in [-0.4, -0.2) is 35.9 Å². The highest BCUT2D eigenvalue weighted by molar-refractivity contribution is 8.14. The van der Waals surface area contributed by atoms with Gasteiger partial charge >= 0.3 is 5.97 Å². The summed E-state index contributed by atoms with van der Waals surface area (Å²) >= 11 is 7.53. The van der Waals surface area contributed by atoms with E-state index in [4.69, 9.17) is 11.6 Å². The molecule has 144 valence electrons. The van der Waals surface area contributed by atoms with E-state index in [1.54, 1.807) is 71.3 Å². The number of hydrogen-bond donors (Lipinski definition) is 0. The van der Waals surface area contributed by atoms with Gasteiger partial charge < -0.3 is 4.74 Å². The molecule has 28 heavy (non-hydrogen) atoms. The fourth-order valence-corrected chi connectivity index (χ4v) is 3.76. The van der Waals surface area contributed by atoms with Crippen LogP contribution in [0.15, 0.2) is 59.6 Å². The number of ether oxygens (including phenoxy) is 1. The number of anilines is 1. The maximum Gasteiger partial charge on any atom is 0.337 e. The van der Waals surface area contributed by atoms with E-state index in [0.717, 1.165) is 11.3 Å². The van der Waals surface area contributed by atoms with Crippen LogP contribution in [0.5, 0.6) is 0 Å². The number of carbonyl (C=O) groups is 2. The molecule has 2 aromatic carbocycles. The standard InChI is InChI=1S/C21H19ClN2O3S/c1-14-13-28-21(23-14)24(18-10-8-17(22)9-11-18)19(25)12-5-15-3-6-16(7-4-15)20(26)27-2/h3-12,14H,13H2,1-2H3/b12-5+/t14-/m0/s1. The van der Waals surface area contributed by atoms with Crippen LogP contribution in [0.1, 0.15) is 22.8 Å². The van der Waals surface area contributed by atoms with E-state index in [9.17, 15) is 9.59 Å². The van der Waals surface area contributed by atoms with E-state index in [0.29, 0.717) is 21.4 Å². The quantitative estimate of drug-likeness (QED) is 0.539. The molecular formula is C21H19ClN2O3S. The Morgan fingerprint density at radius 2 is 1.86 bits per heavy atom. The third-order valence-electron chi connectivity index (χ3n) is 4.03. The van der Waals surface area contributed by atoms with Crippen molar-refractivity contribution in [2.45, 2.75) is 13.0 Å². The molecule has 1 aliphatic heterocycles. The van der Waals surface area contributed by atoms with Gasteiger partial charge in [-0.2, -0.15) is 0 Å². The van der Waals surface area contributed by atoms with Gasteiger partial charge in [-0.3, -0.25) is 14.7 Å². The zero-order chi connectivity index (χ0) is 20.1. The number of halogens is 1. The van der Waals surface area contributed by atoms with E-state index >= 15 is 0 Å². The van der Waals surface area contributed by atoms with Crippen molar-refractivity contribution in [2.24, 2.45) is 4.99 Å². The largest absolute Gasteiger partial charge is 0.465 e. The number of hydrogen-bond acceptors (Lipinski definition) is 5. The number of esters is 1. The lowest BCUT2D eigenvalue weighted by atomic mass is 10.1. The van der Waals surface area contributed by atoms with Gasteiger partial charge in [-0.1, -0.05) is 35.5 Å². The van der Waals surface area contributed by atoms with Crippen molar-refractivity contribution in [3.8, 4) is 0 Å². The van der Waals surface area contributed by atoms with Crippen LogP contribution in [0.4, 0.5) is 5.69 Å². The monoisotopic (exact) mass is 414 g/mol. The first kappa shape index (κ1) is 20.2. The third kappa shape index (κ3) is 4.82. The molecule has 0 spiro atoms. The lowest BCUT2D eigenvalue weighted by Gasteiger charge is -2.20. The predicted molar refractivity (Wildman–Crippen MR) is 115 cm³/mol. The molecule has 5 nitrogen and oxygen atoms in total. The van der Waals surface area contributed by atoms with E-state index in [-0.39, 0.29) is 11.9 Å².